The van der Waals surface area contributed by atoms with Gasteiger partial charge in [-0.15, -0.1) is 11.3 Å². The third-order valence-corrected chi connectivity index (χ3v) is 4.75. The molecule has 0 aliphatic rings. The quantitative estimate of drug-likeness (QED) is 0.729. The maximum Gasteiger partial charge on any atom is 0.127 e. The topological polar surface area (TPSA) is 26.0 Å². The van der Waals surface area contributed by atoms with Gasteiger partial charge < -0.3 is 5.73 Å². The third kappa shape index (κ3) is 2.70. The normalized spacial score (nSPS) is 12.8. The molecule has 0 radical (unpaired) electrons. The fourth-order valence-electron chi connectivity index (χ4n) is 2.21. The molecule has 4 heteroatoms. The predicted molar refractivity (Wildman–Crippen MR) is 83.9 cm³/mol. The maximum absolute atomic E-state index is 13.8. The van der Waals surface area contributed by atoms with Crippen LogP contribution in [0.5, 0.6) is 0 Å². The minimum Gasteiger partial charge on any atom is -0.323 e. The van der Waals surface area contributed by atoms with Crippen LogP contribution in [0.1, 0.15) is 16.5 Å². The van der Waals surface area contributed by atoms with E-state index in [4.69, 9.17) is 17.3 Å². The average molecular weight is 306 g/mol. The molecule has 2 N–H and O–H groups in total. The lowest BCUT2D eigenvalue weighted by Crippen LogP contribution is -2.12. The number of thiophene rings is 1. The Kier molecular flexibility index (Phi) is 3.74. The van der Waals surface area contributed by atoms with Crippen molar-refractivity contribution >= 4 is 33.0 Å². The third-order valence-electron chi connectivity index (χ3n) is 3.26. The maximum atomic E-state index is 13.8. The molecule has 0 spiro atoms. The summed E-state index contributed by atoms with van der Waals surface area (Å²) in [5.74, 6) is -0.297. The lowest BCUT2D eigenvalue weighted by atomic mass is 10.0. The van der Waals surface area contributed by atoms with Crippen molar-refractivity contribution < 1.29 is 4.39 Å². The van der Waals surface area contributed by atoms with E-state index in [1.54, 1.807) is 23.5 Å². The molecule has 0 saturated carbocycles. The Morgan fingerprint density at radius 3 is 2.70 bits per heavy atom. The van der Waals surface area contributed by atoms with Crippen LogP contribution in [0, 0.1) is 5.82 Å². The van der Waals surface area contributed by atoms with Crippen molar-refractivity contribution in [3.05, 3.63) is 69.8 Å². The monoisotopic (exact) mass is 305 g/mol. The van der Waals surface area contributed by atoms with E-state index in [0.29, 0.717) is 17.0 Å². The summed E-state index contributed by atoms with van der Waals surface area (Å²) in [5, 5.41) is 1.58. The van der Waals surface area contributed by atoms with E-state index in [2.05, 4.69) is 18.2 Å². The fraction of sp³-hybridized carbons (Fsp3) is 0.125. The van der Waals surface area contributed by atoms with Crippen LogP contribution in [-0.2, 0) is 6.42 Å². The first kappa shape index (κ1) is 13.6. The van der Waals surface area contributed by atoms with Crippen LogP contribution in [0.15, 0.2) is 48.5 Å². The molecule has 0 aliphatic carbocycles. The molecule has 0 amide bonds. The molecule has 3 rings (SSSR count). The molecule has 1 heterocycles. The van der Waals surface area contributed by atoms with Crippen molar-refractivity contribution in [2.75, 3.05) is 0 Å². The Morgan fingerprint density at radius 2 is 1.95 bits per heavy atom. The van der Waals surface area contributed by atoms with Gasteiger partial charge in [0.2, 0.25) is 0 Å². The molecular formula is C16H13ClFNS. The van der Waals surface area contributed by atoms with Gasteiger partial charge in [-0.2, -0.15) is 0 Å². The van der Waals surface area contributed by atoms with Gasteiger partial charge in [0, 0.05) is 20.6 Å². The summed E-state index contributed by atoms with van der Waals surface area (Å²) in [6.45, 7) is 0. The predicted octanol–water partition coefficient (Wildman–Crippen LogP) is 4.94. The van der Waals surface area contributed by atoms with E-state index in [1.165, 1.54) is 16.2 Å². The van der Waals surface area contributed by atoms with Gasteiger partial charge >= 0.3 is 0 Å². The Labute approximate surface area is 125 Å². The van der Waals surface area contributed by atoms with Crippen molar-refractivity contribution in [2.45, 2.75) is 12.5 Å². The minimum atomic E-state index is -0.297. The van der Waals surface area contributed by atoms with Gasteiger partial charge in [0.15, 0.2) is 0 Å². The lowest BCUT2D eigenvalue weighted by molar-refractivity contribution is 0.595. The Hall–Kier alpha value is -1.42. The highest BCUT2D eigenvalue weighted by Crippen LogP contribution is 2.30. The number of nitrogens with two attached hydrogens (primary N) is 1. The summed E-state index contributed by atoms with van der Waals surface area (Å²) in [6, 6.07) is 14.7. The largest absolute Gasteiger partial charge is 0.323 e. The second-order valence-corrected chi connectivity index (χ2v) is 6.28. The zero-order valence-electron chi connectivity index (χ0n) is 10.6. The number of halogens is 2. The number of benzene rings is 2. The van der Waals surface area contributed by atoms with E-state index in [1.807, 2.05) is 12.1 Å². The van der Waals surface area contributed by atoms with Crippen molar-refractivity contribution in [3.8, 4) is 0 Å². The van der Waals surface area contributed by atoms with E-state index in [9.17, 15) is 4.39 Å². The van der Waals surface area contributed by atoms with E-state index >= 15 is 0 Å². The first-order valence-corrected chi connectivity index (χ1v) is 7.51. The number of hydrogen-bond donors (Lipinski definition) is 1. The summed E-state index contributed by atoms with van der Waals surface area (Å²) in [7, 11) is 0. The Bertz CT molecular complexity index is 720. The van der Waals surface area contributed by atoms with Gasteiger partial charge in [0.05, 0.1) is 0 Å². The lowest BCUT2D eigenvalue weighted by Gasteiger charge is -2.10. The molecule has 102 valence electrons. The molecule has 3 aromatic rings. The van der Waals surface area contributed by atoms with Gasteiger partial charge in [0.25, 0.3) is 0 Å². The molecule has 0 aliphatic heterocycles. The standard InChI is InChI=1S/C16H13ClFNS/c17-12-6-5-10(13(18)9-12)7-14(19)16-8-11-3-1-2-4-15(11)20-16/h1-6,8-9,14H,7,19H2. The highest BCUT2D eigenvalue weighted by molar-refractivity contribution is 7.19. The SMILES string of the molecule is NC(Cc1ccc(Cl)cc1F)c1cc2ccccc2s1. The van der Waals surface area contributed by atoms with Gasteiger partial charge in [-0.25, -0.2) is 4.39 Å². The molecule has 1 aromatic heterocycles. The van der Waals surface area contributed by atoms with Gasteiger partial charge in [-0.3, -0.25) is 0 Å². The van der Waals surface area contributed by atoms with Crippen molar-refractivity contribution in [1.29, 1.82) is 0 Å². The summed E-state index contributed by atoms with van der Waals surface area (Å²) in [5.41, 5.74) is 6.81. The summed E-state index contributed by atoms with van der Waals surface area (Å²) in [4.78, 5) is 1.07. The van der Waals surface area contributed by atoms with Crippen LogP contribution >= 0.6 is 22.9 Å². The molecular weight excluding hydrogens is 293 g/mol. The summed E-state index contributed by atoms with van der Waals surface area (Å²) in [6.07, 6.45) is 0.468. The average Bonchev–Trinajstić information content (AvgIpc) is 2.86. The highest BCUT2D eigenvalue weighted by atomic mass is 35.5. The van der Waals surface area contributed by atoms with E-state index in [0.717, 1.165) is 4.88 Å². The fourth-order valence-corrected chi connectivity index (χ4v) is 3.43. The molecule has 1 nitrogen and oxygen atoms in total. The van der Waals surface area contributed by atoms with E-state index in [-0.39, 0.29) is 11.9 Å². The molecule has 20 heavy (non-hydrogen) atoms. The van der Waals surface area contributed by atoms with Crippen LogP contribution in [-0.4, -0.2) is 0 Å². The Balaban J connectivity index is 1.86. The van der Waals surface area contributed by atoms with Gasteiger partial charge in [0.1, 0.15) is 5.82 Å². The smallest absolute Gasteiger partial charge is 0.127 e. The number of fused-ring (bicyclic) bond motifs is 1. The first-order chi connectivity index (χ1) is 9.63. The van der Waals surface area contributed by atoms with Gasteiger partial charge in [-0.05, 0) is 41.6 Å². The van der Waals surface area contributed by atoms with Crippen LogP contribution in [0.25, 0.3) is 10.1 Å². The minimum absolute atomic E-state index is 0.205. The van der Waals surface area contributed by atoms with Crippen LogP contribution in [0.4, 0.5) is 4.39 Å². The van der Waals surface area contributed by atoms with Crippen molar-refractivity contribution in [2.24, 2.45) is 5.73 Å². The zero-order chi connectivity index (χ0) is 14.1. The molecule has 1 atom stereocenters. The van der Waals surface area contributed by atoms with Crippen LogP contribution in [0.2, 0.25) is 5.02 Å². The second-order valence-electron chi connectivity index (χ2n) is 4.73. The molecule has 1 unspecified atom stereocenters. The second kappa shape index (κ2) is 5.52. The van der Waals surface area contributed by atoms with Crippen LogP contribution < -0.4 is 5.73 Å². The number of rotatable bonds is 3. The van der Waals surface area contributed by atoms with Crippen LogP contribution in [0.3, 0.4) is 0 Å². The summed E-state index contributed by atoms with van der Waals surface area (Å²) < 4.78 is 15.0. The molecule has 2 aromatic carbocycles. The van der Waals surface area contributed by atoms with Gasteiger partial charge in [-0.1, -0.05) is 35.9 Å². The number of hydrogen-bond acceptors (Lipinski definition) is 2. The Morgan fingerprint density at radius 1 is 1.15 bits per heavy atom. The molecule has 0 fully saturated rings. The molecule has 0 bridgehead atoms. The van der Waals surface area contributed by atoms with E-state index < -0.39 is 0 Å². The highest BCUT2D eigenvalue weighted by Gasteiger charge is 2.13. The summed E-state index contributed by atoms with van der Waals surface area (Å²) >= 11 is 7.41. The van der Waals surface area contributed by atoms with Crippen molar-refractivity contribution in [1.82, 2.24) is 0 Å². The first-order valence-electron chi connectivity index (χ1n) is 6.31. The zero-order valence-corrected chi connectivity index (χ0v) is 12.2. The van der Waals surface area contributed by atoms with Crippen molar-refractivity contribution in [3.63, 3.8) is 0 Å². The molecule has 0 saturated heterocycles.